The van der Waals surface area contributed by atoms with Crippen molar-refractivity contribution < 1.29 is 14.3 Å². The number of methoxy groups -OCH3 is 2. The summed E-state index contributed by atoms with van der Waals surface area (Å²) in [7, 11) is 3.19. The molecule has 0 aliphatic carbocycles. The van der Waals surface area contributed by atoms with Gasteiger partial charge in [-0.2, -0.15) is 5.10 Å². The molecule has 2 aromatic rings. The first-order chi connectivity index (χ1) is 10.1. The maximum absolute atomic E-state index is 12.2. The van der Waals surface area contributed by atoms with E-state index in [0.29, 0.717) is 29.3 Å². The summed E-state index contributed by atoms with van der Waals surface area (Å²) >= 11 is 0. The van der Waals surface area contributed by atoms with E-state index in [0.717, 1.165) is 11.3 Å². The van der Waals surface area contributed by atoms with E-state index in [1.54, 1.807) is 27.2 Å². The van der Waals surface area contributed by atoms with Crippen LogP contribution >= 0.6 is 0 Å². The topological polar surface area (TPSA) is 76.2 Å². The number of hydrogen-bond acceptors (Lipinski definition) is 4. The highest BCUT2D eigenvalue weighted by molar-refractivity contribution is 5.96. The smallest absolute Gasteiger partial charge is 0.255 e. The molecule has 112 valence electrons. The molecule has 6 heteroatoms. The van der Waals surface area contributed by atoms with Crippen LogP contribution in [0, 0.1) is 13.8 Å². The predicted molar refractivity (Wildman–Crippen MR) is 78.8 cm³/mol. The first-order valence-corrected chi connectivity index (χ1v) is 6.57. The summed E-state index contributed by atoms with van der Waals surface area (Å²) in [6, 6.07) is 5.49. The van der Waals surface area contributed by atoms with Crippen molar-refractivity contribution in [2.45, 2.75) is 20.4 Å². The zero-order valence-corrected chi connectivity index (χ0v) is 12.6. The number of carbonyl (C=O) groups is 1. The zero-order chi connectivity index (χ0) is 15.4. The summed E-state index contributed by atoms with van der Waals surface area (Å²) in [6.45, 7) is 3.99. The Kier molecular flexibility index (Phi) is 4.47. The lowest BCUT2D eigenvalue weighted by Gasteiger charge is -2.11. The van der Waals surface area contributed by atoms with Crippen LogP contribution < -0.4 is 14.8 Å². The van der Waals surface area contributed by atoms with Crippen molar-refractivity contribution in [2.24, 2.45) is 0 Å². The SMILES string of the molecule is COc1ccc(CNC(=O)c2c(C)n[nH]c2C)c(OC)c1. The van der Waals surface area contributed by atoms with E-state index in [4.69, 9.17) is 9.47 Å². The van der Waals surface area contributed by atoms with Gasteiger partial charge < -0.3 is 14.8 Å². The van der Waals surface area contributed by atoms with Gasteiger partial charge in [-0.15, -0.1) is 0 Å². The fourth-order valence-electron chi connectivity index (χ4n) is 2.15. The molecule has 0 aliphatic heterocycles. The predicted octanol–water partition coefficient (Wildman–Crippen LogP) is 1.97. The molecule has 0 bridgehead atoms. The highest BCUT2D eigenvalue weighted by atomic mass is 16.5. The molecule has 0 saturated heterocycles. The average molecular weight is 289 g/mol. The number of H-pyrrole nitrogens is 1. The summed E-state index contributed by atoms with van der Waals surface area (Å²) in [4.78, 5) is 12.2. The van der Waals surface area contributed by atoms with E-state index < -0.39 is 0 Å². The van der Waals surface area contributed by atoms with Gasteiger partial charge in [0.05, 0.1) is 25.5 Å². The molecular formula is C15H19N3O3. The summed E-state index contributed by atoms with van der Waals surface area (Å²) in [5.41, 5.74) is 2.91. The van der Waals surface area contributed by atoms with Gasteiger partial charge in [-0.05, 0) is 26.0 Å². The Morgan fingerprint density at radius 2 is 2.05 bits per heavy atom. The molecule has 1 aromatic heterocycles. The number of carbonyl (C=O) groups excluding carboxylic acids is 1. The Labute approximate surface area is 123 Å². The number of ether oxygens (including phenoxy) is 2. The Morgan fingerprint density at radius 3 is 2.62 bits per heavy atom. The van der Waals surface area contributed by atoms with Crippen LogP contribution in [0.4, 0.5) is 0 Å². The molecule has 0 spiro atoms. The summed E-state index contributed by atoms with van der Waals surface area (Å²) in [5.74, 6) is 1.23. The molecule has 0 fully saturated rings. The molecule has 6 nitrogen and oxygen atoms in total. The maximum atomic E-state index is 12.2. The molecule has 0 radical (unpaired) electrons. The van der Waals surface area contributed by atoms with Gasteiger partial charge in [0.2, 0.25) is 0 Å². The number of nitrogens with one attached hydrogen (secondary N) is 2. The van der Waals surface area contributed by atoms with Crippen LogP contribution in [0.2, 0.25) is 0 Å². The highest BCUT2D eigenvalue weighted by Crippen LogP contribution is 2.24. The number of aromatic amines is 1. The Bertz CT molecular complexity index is 630. The van der Waals surface area contributed by atoms with Crippen LogP contribution in [0.3, 0.4) is 0 Å². The first kappa shape index (κ1) is 14.9. The molecular weight excluding hydrogens is 270 g/mol. The van der Waals surface area contributed by atoms with E-state index in [1.165, 1.54) is 0 Å². The van der Waals surface area contributed by atoms with Crippen molar-refractivity contribution in [2.75, 3.05) is 14.2 Å². The molecule has 1 amide bonds. The van der Waals surface area contributed by atoms with Crippen LogP contribution in [-0.2, 0) is 6.54 Å². The standard InChI is InChI=1S/C15H19N3O3/c1-9-14(10(2)18-17-9)15(19)16-8-11-5-6-12(20-3)7-13(11)21-4/h5-7H,8H2,1-4H3,(H,16,19)(H,17,18). The lowest BCUT2D eigenvalue weighted by molar-refractivity contribution is 0.0949. The van der Waals surface area contributed by atoms with Crippen LogP contribution in [0.15, 0.2) is 18.2 Å². The Morgan fingerprint density at radius 1 is 1.29 bits per heavy atom. The number of amides is 1. The lowest BCUT2D eigenvalue weighted by Crippen LogP contribution is -2.24. The van der Waals surface area contributed by atoms with Crippen LogP contribution in [-0.4, -0.2) is 30.3 Å². The van der Waals surface area contributed by atoms with E-state index in [1.807, 2.05) is 19.1 Å². The number of hydrogen-bond donors (Lipinski definition) is 2. The van der Waals surface area contributed by atoms with Gasteiger partial charge in [0.25, 0.3) is 5.91 Å². The van der Waals surface area contributed by atoms with Crippen molar-refractivity contribution in [3.05, 3.63) is 40.7 Å². The monoisotopic (exact) mass is 289 g/mol. The van der Waals surface area contributed by atoms with Gasteiger partial charge in [0.15, 0.2) is 0 Å². The fourth-order valence-corrected chi connectivity index (χ4v) is 2.15. The van der Waals surface area contributed by atoms with Gasteiger partial charge in [-0.25, -0.2) is 0 Å². The molecule has 0 aliphatic rings. The van der Waals surface area contributed by atoms with Gasteiger partial charge in [-0.1, -0.05) is 0 Å². The molecule has 0 saturated carbocycles. The molecule has 0 unspecified atom stereocenters. The van der Waals surface area contributed by atoms with Crippen LogP contribution in [0.25, 0.3) is 0 Å². The largest absolute Gasteiger partial charge is 0.497 e. The van der Waals surface area contributed by atoms with Gasteiger partial charge >= 0.3 is 0 Å². The molecule has 1 heterocycles. The average Bonchev–Trinajstić information content (AvgIpc) is 2.83. The second-order valence-electron chi connectivity index (χ2n) is 4.67. The molecule has 0 atom stereocenters. The first-order valence-electron chi connectivity index (χ1n) is 6.57. The molecule has 2 rings (SSSR count). The van der Waals surface area contributed by atoms with Gasteiger partial charge in [0.1, 0.15) is 11.5 Å². The van der Waals surface area contributed by atoms with Crippen molar-refractivity contribution in [1.82, 2.24) is 15.5 Å². The van der Waals surface area contributed by atoms with Gasteiger partial charge in [0, 0.05) is 23.9 Å². The lowest BCUT2D eigenvalue weighted by atomic mass is 10.1. The van der Waals surface area contributed by atoms with Crippen LogP contribution in [0.1, 0.15) is 27.3 Å². The third-order valence-corrected chi connectivity index (χ3v) is 3.29. The summed E-state index contributed by atoms with van der Waals surface area (Å²) in [6.07, 6.45) is 0. The Hall–Kier alpha value is -2.50. The maximum Gasteiger partial charge on any atom is 0.255 e. The van der Waals surface area contributed by atoms with E-state index in [-0.39, 0.29) is 5.91 Å². The van der Waals surface area contributed by atoms with Gasteiger partial charge in [-0.3, -0.25) is 9.89 Å². The quantitative estimate of drug-likeness (QED) is 0.882. The van der Waals surface area contributed by atoms with Crippen molar-refractivity contribution >= 4 is 5.91 Å². The molecule has 2 N–H and O–H groups in total. The molecule has 21 heavy (non-hydrogen) atoms. The van der Waals surface area contributed by atoms with E-state index >= 15 is 0 Å². The van der Waals surface area contributed by atoms with Crippen molar-refractivity contribution in [3.8, 4) is 11.5 Å². The number of nitrogens with zero attached hydrogens (tertiary/aromatic N) is 1. The van der Waals surface area contributed by atoms with Crippen molar-refractivity contribution in [3.63, 3.8) is 0 Å². The second kappa shape index (κ2) is 6.30. The third kappa shape index (κ3) is 3.16. The van der Waals surface area contributed by atoms with E-state index in [2.05, 4.69) is 15.5 Å². The highest BCUT2D eigenvalue weighted by Gasteiger charge is 2.15. The summed E-state index contributed by atoms with van der Waals surface area (Å²) < 4.78 is 10.5. The second-order valence-corrected chi connectivity index (χ2v) is 4.67. The summed E-state index contributed by atoms with van der Waals surface area (Å²) in [5, 5.41) is 9.70. The van der Waals surface area contributed by atoms with Crippen LogP contribution in [0.5, 0.6) is 11.5 Å². The Balaban J connectivity index is 2.11. The molecule has 1 aromatic carbocycles. The minimum absolute atomic E-state index is 0.156. The number of benzene rings is 1. The minimum atomic E-state index is -0.156. The number of aryl methyl sites for hydroxylation is 2. The zero-order valence-electron chi connectivity index (χ0n) is 12.6. The van der Waals surface area contributed by atoms with E-state index in [9.17, 15) is 4.79 Å². The third-order valence-electron chi connectivity index (χ3n) is 3.29. The number of aromatic nitrogens is 2. The minimum Gasteiger partial charge on any atom is -0.497 e. The fraction of sp³-hybridized carbons (Fsp3) is 0.333. The normalized spacial score (nSPS) is 10.3. The van der Waals surface area contributed by atoms with Crippen molar-refractivity contribution in [1.29, 1.82) is 0 Å². The number of rotatable bonds is 5.